The maximum Gasteiger partial charge on any atom is 0.255 e. The Balaban J connectivity index is 1.40. The number of hydrogen-bond acceptors (Lipinski definition) is 3. The van der Waals surface area contributed by atoms with Crippen molar-refractivity contribution < 1.29 is 9.59 Å². The van der Waals surface area contributed by atoms with Gasteiger partial charge in [0.15, 0.2) is 0 Å². The van der Waals surface area contributed by atoms with Crippen LogP contribution in [0.5, 0.6) is 0 Å². The zero-order valence-electron chi connectivity index (χ0n) is 16.1. The zero-order valence-corrected chi connectivity index (χ0v) is 16.1. The van der Waals surface area contributed by atoms with Gasteiger partial charge in [-0.2, -0.15) is 0 Å². The lowest BCUT2D eigenvalue weighted by atomic mass is 9.80. The van der Waals surface area contributed by atoms with Crippen LogP contribution < -0.4 is 11.1 Å². The summed E-state index contributed by atoms with van der Waals surface area (Å²) in [6, 6.07) is 15.6. The lowest BCUT2D eigenvalue weighted by Crippen LogP contribution is -2.39. The topological polar surface area (TPSA) is 75.4 Å². The summed E-state index contributed by atoms with van der Waals surface area (Å²) in [4.78, 5) is 26.3. The number of nitrogens with zero attached hydrogens (tertiary/aromatic N) is 1. The molecule has 4 rings (SSSR count). The first-order chi connectivity index (χ1) is 13.6. The molecule has 2 fully saturated rings. The largest absolute Gasteiger partial charge is 0.368 e. The van der Waals surface area contributed by atoms with E-state index in [-0.39, 0.29) is 17.9 Å². The van der Waals surface area contributed by atoms with Crippen LogP contribution in [0.2, 0.25) is 0 Å². The minimum absolute atomic E-state index is 0.103. The second kappa shape index (κ2) is 8.15. The van der Waals surface area contributed by atoms with Gasteiger partial charge in [0.1, 0.15) is 0 Å². The number of primary amides is 1. The second-order valence-corrected chi connectivity index (χ2v) is 7.94. The Kier molecular flexibility index (Phi) is 5.44. The molecule has 2 aromatic carbocycles. The summed E-state index contributed by atoms with van der Waals surface area (Å²) in [5.41, 5.74) is 9.33. The smallest absolute Gasteiger partial charge is 0.255 e. The van der Waals surface area contributed by atoms with Gasteiger partial charge in [0, 0.05) is 17.8 Å². The fraction of sp³-hybridized carbons (Fsp3) is 0.391. The molecule has 0 radical (unpaired) electrons. The van der Waals surface area contributed by atoms with E-state index in [1.807, 2.05) is 36.4 Å². The van der Waals surface area contributed by atoms with Crippen molar-refractivity contribution in [2.24, 2.45) is 5.73 Å². The number of benzene rings is 2. The van der Waals surface area contributed by atoms with E-state index in [9.17, 15) is 9.59 Å². The van der Waals surface area contributed by atoms with Crippen LogP contribution in [0.3, 0.4) is 0 Å². The molecule has 0 aromatic heterocycles. The second-order valence-electron chi connectivity index (χ2n) is 7.94. The average molecular weight is 377 g/mol. The summed E-state index contributed by atoms with van der Waals surface area (Å²) in [6.45, 7) is 1.53. The molecule has 1 aliphatic carbocycles. The van der Waals surface area contributed by atoms with Crippen LogP contribution in [0.25, 0.3) is 0 Å². The standard InChI is InChI=1S/C23H27N3O2/c24-22(27)21-8-3-13-26(21)15-16-4-1-7-20(14-16)25-23(28)19-11-9-18(10-12-19)17-5-2-6-17/h1,4,7,9-12,14,17,21H,2-3,5-6,8,13,15H2,(H2,24,27)(H,25,28). The molecule has 1 saturated carbocycles. The van der Waals surface area contributed by atoms with Gasteiger partial charge in [-0.25, -0.2) is 0 Å². The van der Waals surface area contributed by atoms with E-state index in [0.717, 1.165) is 30.6 Å². The molecule has 3 N–H and O–H groups in total. The maximum absolute atomic E-state index is 12.6. The molecular formula is C23H27N3O2. The van der Waals surface area contributed by atoms with E-state index in [2.05, 4.69) is 22.3 Å². The van der Waals surface area contributed by atoms with Crippen molar-refractivity contribution in [2.75, 3.05) is 11.9 Å². The van der Waals surface area contributed by atoms with Gasteiger partial charge in [-0.3, -0.25) is 14.5 Å². The molecule has 5 heteroatoms. The number of nitrogens with one attached hydrogen (secondary N) is 1. The SMILES string of the molecule is NC(=O)C1CCCN1Cc1cccc(NC(=O)c2ccc(C3CCC3)cc2)c1. The predicted molar refractivity (Wildman–Crippen MR) is 110 cm³/mol. The highest BCUT2D eigenvalue weighted by Crippen LogP contribution is 2.36. The minimum Gasteiger partial charge on any atom is -0.368 e. The maximum atomic E-state index is 12.6. The normalized spacial score (nSPS) is 19.9. The minimum atomic E-state index is -0.257. The van der Waals surface area contributed by atoms with Crippen LogP contribution in [0.15, 0.2) is 48.5 Å². The zero-order chi connectivity index (χ0) is 19.5. The molecule has 0 bridgehead atoms. The lowest BCUT2D eigenvalue weighted by Gasteiger charge is -2.25. The third-order valence-corrected chi connectivity index (χ3v) is 6.01. The first-order valence-electron chi connectivity index (χ1n) is 10.1. The van der Waals surface area contributed by atoms with Gasteiger partial charge in [-0.15, -0.1) is 0 Å². The van der Waals surface area contributed by atoms with Crippen molar-refractivity contribution in [3.05, 3.63) is 65.2 Å². The Hall–Kier alpha value is -2.66. The molecular weight excluding hydrogens is 350 g/mol. The van der Waals surface area contributed by atoms with Crippen LogP contribution in [0.4, 0.5) is 5.69 Å². The highest BCUT2D eigenvalue weighted by atomic mass is 16.2. The average Bonchev–Trinajstić information content (AvgIpc) is 3.09. The molecule has 0 spiro atoms. The Morgan fingerprint density at radius 2 is 1.82 bits per heavy atom. The van der Waals surface area contributed by atoms with Crippen molar-refractivity contribution >= 4 is 17.5 Å². The van der Waals surface area contributed by atoms with Crippen LogP contribution in [0, 0.1) is 0 Å². The van der Waals surface area contributed by atoms with E-state index in [4.69, 9.17) is 5.73 Å². The fourth-order valence-corrected chi connectivity index (χ4v) is 4.17. The number of carbonyl (C=O) groups excluding carboxylic acids is 2. The van der Waals surface area contributed by atoms with E-state index in [1.54, 1.807) is 0 Å². The Morgan fingerprint density at radius 1 is 1.04 bits per heavy atom. The van der Waals surface area contributed by atoms with Crippen molar-refractivity contribution in [1.82, 2.24) is 4.90 Å². The Morgan fingerprint density at radius 3 is 2.50 bits per heavy atom. The van der Waals surface area contributed by atoms with Gasteiger partial charge < -0.3 is 11.1 Å². The summed E-state index contributed by atoms with van der Waals surface area (Å²) in [7, 11) is 0. The number of nitrogens with two attached hydrogens (primary N) is 1. The van der Waals surface area contributed by atoms with Crippen molar-refractivity contribution in [2.45, 2.75) is 50.6 Å². The molecule has 2 aromatic rings. The van der Waals surface area contributed by atoms with E-state index in [0.29, 0.717) is 18.0 Å². The Labute approximate surface area is 165 Å². The lowest BCUT2D eigenvalue weighted by molar-refractivity contribution is -0.122. The highest BCUT2D eigenvalue weighted by Gasteiger charge is 2.28. The molecule has 1 atom stereocenters. The van der Waals surface area contributed by atoms with Gasteiger partial charge in [0.25, 0.3) is 5.91 Å². The van der Waals surface area contributed by atoms with Gasteiger partial charge >= 0.3 is 0 Å². The highest BCUT2D eigenvalue weighted by molar-refractivity contribution is 6.04. The summed E-state index contributed by atoms with van der Waals surface area (Å²) in [6.07, 6.45) is 5.63. The molecule has 2 amide bonds. The molecule has 1 heterocycles. The fourth-order valence-electron chi connectivity index (χ4n) is 4.17. The number of carbonyl (C=O) groups is 2. The number of anilines is 1. The first-order valence-corrected chi connectivity index (χ1v) is 10.1. The van der Waals surface area contributed by atoms with E-state index < -0.39 is 0 Å². The number of amides is 2. The predicted octanol–water partition coefficient (Wildman–Crippen LogP) is 3.66. The molecule has 5 nitrogen and oxygen atoms in total. The molecule has 1 unspecified atom stereocenters. The molecule has 2 aliphatic rings. The van der Waals surface area contributed by atoms with Crippen LogP contribution in [-0.4, -0.2) is 29.3 Å². The number of rotatable bonds is 6. The van der Waals surface area contributed by atoms with Gasteiger partial charge in [0.05, 0.1) is 6.04 Å². The summed E-state index contributed by atoms with van der Waals surface area (Å²) < 4.78 is 0. The van der Waals surface area contributed by atoms with Crippen molar-refractivity contribution in [3.8, 4) is 0 Å². The molecule has 1 aliphatic heterocycles. The molecule has 28 heavy (non-hydrogen) atoms. The van der Waals surface area contributed by atoms with Crippen LogP contribution in [-0.2, 0) is 11.3 Å². The third-order valence-electron chi connectivity index (χ3n) is 6.01. The number of likely N-dealkylation sites (tertiary alicyclic amines) is 1. The summed E-state index contributed by atoms with van der Waals surface area (Å²) >= 11 is 0. The van der Waals surface area contributed by atoms with Crippen molar-refractivity contribution in [3.63, 3.8) is 0 Å². The summed E-state index contributed by atoms with van der Waals surface area (Å²) in [5.74, 6) is 0.310. The van der Waals surface area contributed by atoms with Gasteiger partial charge in [-0.1, -0.05) is 30.7 Å². The Bertz CT molecular complexity index is 858. The third kappa shape index (κ3) is 4.09. The first kappa shape index (κ1) is 18.7. The quantitative estimate of drug-likeness (QED) is 0.807. The van der Waals surface area contributed by atoms with Crippen LogP contribution >= 0.6 is 0 Å². The number of hydrogen-bond donors (Lipinski definition) is 2. The molecule has 146 valence electrons. The van der Waals surface area contributed by atoms with E-state index >= 15 is 0 Å². The summed E-state index contributed by atoms with van der Waals surface area (Å²) in [5, 5.41) is 2.99. The van der Waals surface area contributed by atoms with Crippen molar-refractivity contribution in [1.29, 1.82) is 0 Å². The van der Waals surface area contributed by atoms with Gasteiger partial charge in [-0.05, 0) is 73.5 Å². The van der Waals surface area contributed by atoms with E-state index in [1.165, 1.54) is 24.8 Å². The monoisotopic (exact) mass is 377 g/mol. The van der Waals surface area contributed by atoms with Crippen LogP contribution in [0.1, 0.15) is 59.5 Å². The molecule has 1 saturated heterocycles. The van der Waals surface area contributed by atoms with Gasteiger partial charge in [0.2, 0.25) is 5.91 Å².